The first-order chi connectivity index (χ1) is 13.2. The van der Waals surface area contributed by atoms with E-state index in [0.29, 0.717) is 23.5 Å². The number of thioether (sulfide) groups is 1. The van der Waals surface area contributed by atoms with Crippen molar-refractivity contribution in [1.29, 1.82) is 0 Å². The number of rotatable bonds is 6. The average Bonchev–Trinajstić information content (AvgIpc) is 3.36. The molecular weight excluding hydrogens is 356 g/mol. The number of para-hydroxylation sites is 1. The summed E-state index contributed by atoms with van der Waals surface area (Å²) in [7, 11) is 0. The maximum absolute atomic E-state index is 5.80. The van der Waals surface area contributed by atoms with Gasteiger partial charge in [-0.2, -0.15) is 0 Å². The third kappa shape index (κ3) is 3.80. The molecule has 0 fully saturated rings. The largest absolute Gasteiger partial charge is 0.420 e. The molecule has 4 rings (SSSR count). The minimum Gasteiger partial charge on any atom is -0.420 e. The lowest BCUT2D eigenvalue weighted by atomic mass is 10.0. The normalized spacial score (nSPS) is 11.2. The van der Waals surface area contributed by atoms with E-state index in [-0.39, 0.29) is 0 Å². The van der Waals surface area contributed by atoms with E-state index in [1.54, 1.807) is 11.8 Å². The smallest absolute Gasteiger partial charge is 0.247 e. The Balaban J connectivity index is 1.53. The van der Waals surface area contributed by atoms with Crippen LogP contribution in [0.25, 0.3) is 17.1 Å². The highest BCUT2D eigenvalue weighted by Crippen LogP contribution is 2.29. The average molecular weight is 376 g/mol. The van der Waals surface area contributed by atoms with Gasteiger partial charge in [0.05, 0.1) is 11.4 Å². The summed E-state index contributed by atoms with van der Waals surface area (Å²) in [5.41, 5.74) is 3.37. The molecule has 0 aliphatic heterocycles. The molecule has 6 heteroatoms. The second kappa shape index (κ2) is 7.80. The molecule has 0 spiro atoms. The van der Waals surface area contributed by atoms with E-state index in [1.165, 1.54) is 5.56 Å². The molecule has 0 aliphatic rings. The number of hydrogen-bond donors (Lipinski definition) is 0. The first-order valence-electron chi connectivity index (χ1n) is 8.85. The molecule has 0 N–H and O–H groups in total. The predicted molar refractivity (Wildman–Crippen MR) is 107 cm³/mol. The molecule has 27 heavy (non-hydrogen) atoms. The van der Waals surface area contributed by atoms with Crippen molar-refractivity contribution >= 4 is 11.8 Å². The summed E-state index contributed by atoms with van der Waals surface area (Å²) in [6.45, 7) is 4.40. The van der Waals surface area contributed by atoms with Crippen molar-refractivity contribution in [1.82, 2.24) is 19.7 Å². The summed E-state index contributed by atoms with van der Waals surface area (Å²) in [4.78, 5) is 4.51. The molecule has 2 aromatic heterocycles. The molecule has 2 heterocycles. The zero-order chi connectivity index (χ0) is 18.6. The monoisotopic (exact) mass is 376 g/mol. The lowest BCUT2D eigenvalue weighted by Crippen LogP contribution is -2.01. The Morgan fingerprint density at radius 2 is 1.78 bits per heavy atom. The zero-order valence-electron chi connectivity index (χ0n) is 15.2. The molecule has 0 atom stereocenters. The van der Waals surface area contributed by atoms with Gasteiger partial charge < -0.3 is 4.42 Å². The molecule has 136 valence electrons. The van der Waals surface area contributed by atoms with E-state index in [1.807, 2.05) is 42.7 Å². The minimum atomic E-state index is 0.436. The molecule has 0 radical (unpaired) electrons. The second-order valence-corrected chi connectivity index (χ2v) is 7.39. The zero-order valence-corrected chi connectivity index (χ0v) is 16.1. The summed E-state index contributed by atoms with van der Waals surface area (Å²) in [5.74, 6) is 2.14. The van der Waals surface area contributed by atoms with E-state index in [2.05, 4.69) is 57.9 Å². The molecule has 0 bridgehead atoms. The van der Waals surface area contributed by atoms with Gasteiger partial charge in [-0.05, 0) is 29.7 Å². The molecule has 2 aromatic carbocycles. The molecular formula is C21H20N4OS. The van der Waals surface area contributed by atoms with Crippen molar-refractivity contribution in [3.05, 3.63) is 78.4 Å². The highest BCUT2D eigenvalue weighted by atomic mass is 32.2. The predicted octanol–water partition coefficient (Wildman–Crippen LogP) is 5.34. The Morgan fingerprint density at radius 3 is 2.59 bits per heavy atom. The van der Waals surface area contributed by atoms with Gasteiger partial charge in [0.15, 0.2) is 5.16 Å². The van der Waals surface area contributed by atoms with Crippen LogP contribution in [0.5, 0.6) is 0 Å². The van der Waals surface area contributed by atoms with E-state index >= 15 is 0 Å². The minimum absolute atomic E-state index is 0.436. The molecule has 0 saturated heterocycles. The summed E-state index contributed by atoms with van der Waals surface area (Å²) < 4.78 is 7.91. The maximum atomic E-state index is 5.80. The number of nitrogens with zero attached hydrogens (tertiary/aromatic N) is 4. The van der Waals surface area contributed by atoms with Gasteiger partial charge in [-0.3, -0.25) is 4.57 Å². The highest BCUT2D eigenvalue weighted by molar-refractivity contribution is 7.98. The topological polar surface area (TPSA) is 56.7 Å². The number of benzene rings is 2. The first kappa shape index (κ1) is 17.5. The fourth-order valence-electron chi connectivity index (χ4n) is 2.91. The van der Waals surface area contributed by atoms with Crippen molar-refractivity contribution in [3.8, 4) is 17.1 Å². The van der Waals surface area contributed by atoms with Crippen LogP contribution in [0.4, 0.5) is 0 Å². The molecule has 5 nitrogen and oxygen atoms in total. The lowest BCUT2D eigenvalue weighted by Gasteiger charge is -2.14. The van der Waals surface area contributed by atoms with Crippen LogP contribution in [0.2, 0.25) is 0 Å². The molecule has 0 unspecified atom stereocenters. The Labute approximate surface area is 162 Å². The highest BCUT2D eigenvalue weighted by Gasteiger charge is 2.14. The third-order valence-corrected chi connectivity index (χ3v) is 5.19. The van der Waals surface area contributed by atoms with E-state index < -0.39 is 0 Å². The van der Waals surface area contributed by atoms with Gasteiger partial charge >= 0.3 is 0 Å². The quantitative estimate of drug-likeness (QED) is 0.425. The van der Waals surface area contributed by atoms with Crippen LogP contribution >= 0.6 is 11.8 Å². The van der Waals surface area contributed by atoms with Gasteiger partial charge in [0.2, 0.25) is 11.8 Å². The van der Waals surface area contributed by atoms with Crippen molar-refractivity contribution < 1.29 is 4.42 Å². The first-order valence-corrected chi connectivity index (χ1v) is 9.84. The molecule has 4 aromatic rings. The summed E-state index contributed by atoms with van der Waals surface area (Å²) in [5, 5.41) is 9.22. The number of aromatic nitrogens is 4. The molecule has 0 aliphatic carbocycles. The van der Waals surface area contributed by atoms with Gasteiger partial charge in [0, 0.05) is 18.0 Å². The van der Waals surface area contributed by atoms with Crippen LogP contribution < -0.4 is 0 Å². The standard InChI is InChI=1S/C21H20N4OS/c1-15(2)17-10-6-7-11-18(17)25-13-12-22-21(25)27-14-19-23-24-20(26-19)16-8-4-3-5-9-16/h3-13,15H,14H2,1-2H3. The van der Waals surface area contributed by atoms with Crippen molar-refractivity contribution in [2.24, 2.45) is 0 Å². The fourth-order valence-corrected chi connectivity index (χ4v) is 3.71. The number of imidazole rings is 1. The van der Waals surface area contributed by atoms with Gasteiger partial charge in [-0.1, -0.05) is 62.0 Å². The summed E-state index contributed by atoms with van der Waals surface area (Å²) in [6, 6.07) is 18.2. The SMILES string of the molecule is CC(C)c1ccccc1-n1ccnc1SCc1nnc(-c2ccccc2)o1. The van der Waals surface area contributed by atoms with Gasteiger partial charge in [-0.15, -0.1) is 10.2 Å². The molecule has 0 saturated carbocycles. The van der Waals surface area contributed by atoms with Crippen molar-refractivity contribution in [3.63, 3.8) is 0 Å². The van der Waals surface area contributed by atoms with E-state index in [0.717, 1.165) is 16.4 Å². The Kier molecular flexibility index (Phi) is 5.07. The van der Waals surface area contributed by atoms with Crippen molar-refractivity contribution in [2.45, 2.75) is 30.7 Å². The molecule has 0 amide bonds. The van der Waals surface area contributed by atoms with Gasteiger partial charge in [0.1, 0.15) is 0 Å². The van der Waals surface area contributed by atoms with Crippen LogP contribution in [-0.4, -0.2) is 19.7 Å². The van der Waals surface area contributed by atoms with Crippen molar-refractivity contribution in [2.75, 3.05) is 0 Å². The van der Waals surface area contributed by atoms with Crippen LogP contribution in [0.15, 0.2) is 76.6 Å². The summed E-state index contributed by atoms with van der Waals surface area (Å²) >= 11 is 1.59. The van der Waals surface area contributed by atoms with Crippen LogP contribution in [0, 0.1) is 0 Å². The van der Waals surface area contributed by atoms with E-state index in [9.17, 15) is 0 Å². The third-order valence-electron chi connectivity index (χ3n) is 4.24. The number of hydrogen-bond acceptors (Lipinski definition) is 5. The van der Waals surface area contributed by atoms with Gasteiger partial charge in [-0.25, -0.2) is 4.98 Å². The Hall–Kier alpha value is -2.86. The fraction of sp³-hybridized carbons (Fsp3) is 0.190. The summed E-state index contributed by atoms with van der Waals surface area (Å²) in [6.07, 6.45) is 3.81. The maximum Gasteiger partial charge on any atom is 0.247 e. The van der Waals surface area contributed by atoms with Crippen LogP contribution in [0.1, 0.15) is 31.2 Å². The van der Waals surface area contributed by atoms with Crippen LogP contribution in [0.3, 0.4) is 0 Å². The lowest BCUT2D eigenvalue weighted by molar-refractivity contribution is 0.528. The second-order valence-electron chi connectivity index (χ2n) is 6.45. The Bertz CT molecular complexity index is 1020. The Morgan fingerprint density at radius 1 is 1.00 bits per heavy atom. The van der Waals surface area contributed by atoms with Crippen LogP contribution in [-0.2, 0) is 5.75 Å². The van der Waals surface area contributed by atoms with E-state index in [4.69, 9.17) is 4.42 Å². The van der Waals surface area contributed by atoms with Gasteiger partial charge in [0.25, 0.3) is 0 Å².